The van der Waals surface area contributed by atoms with Gasteiger partial charge in [-0.3, -0.25) is 4.79 Å². The van der Waals surface area contributed by atoms with Crippen molar-refractivity contribution in [2.24, 2.45) is 5.92 Å². The molecule has 0 saturated carbocycles. The molecule has 0 radical (unpaired) electrons. The van der Waals surface area contributed by atoms with Crippen LogP contribution in [0.4, 0.5) is 0 Å². The van der Waals surface area contributed by atoms with Crippen molar-refractivity contribution < 1.29 is 9.53 Å². The predicted octanol–water partition coefficient (Wildman–Crippen LogP) is 9.60. The molecule has 2 heteroatoms. The van der Waals surface area contributed by atoms with Gasteiger partial charge in [0.1, 0.15) is 0 Å². The summed E-state index contributed by atoms with van der Waals surface area (Å²) in [5.74, 6) is -0.764. The maximum Gasteiger partial charge on any atom is 0.311 e. The van der Waals surface area contributed by atoms with Crippen molar-refractivity contribution in [3.8, 4) is 0 Å². The second-order valence-corrected chi connectivity index (χ2v) is 11.1. The number of carbonyl (C=O) groups excluding carboxylic acids is 1. The molecule has 0 aliphatic heterocycles. The van der Waals surface area contributed by atoms with Crippen LogP contribution >= 0.6 is 0 Å². The summed E-state index contributed by atoms with van der Waals surface area (Å²) in [4.78, 5) is 15.1. The lowest BCUT2D eigenvalue weighted by atomic mass is 9.60. The van der Waals surface area contributed by atoms with Gasteiger partial charge in [0, 0.05) is 0 Å². The average Bonchev–Trinajstić information content (AvgIpc) is 3.11. The van der Waals surface area contributed by atoms with Crippen LogP contribution in [0.3, 0.4) is 0 Å². The lowest BCUT2D eigenvalue weighted by Gasteiger charge is -2.42. The zero-order valence-corrected chi connectivity index (χ0v) is 24.7. The molecule has 6 rings (SSSR count). The smallest absolute Gasteiger partial charge is 0.311 e. The van der Waals surface area contributed by atoms with E-state index in [1.165, 1.54) is 5.56 Å². The van der Waals surface area contributed by atoms with Crippen LogP contribution in [0.5, 0.6) is 0 Å². The molecule has 0 spiro atoms. The molecule has 0 aromatic heterocycles. The number of aryl methyl sites for hydroxylation is 1. The first-order valence-electron chi connectivity index (χ1n) is 15.3. The van der Waals surface area contributed by atoms with Gasteiger partial charge in [0.05, 0.1) is 11.3 Å². The summed E-state index contributed by atoms with van der Waals surface area (Å²) < 4.78 is 6.70. The molecule has 2 nitrogen and oxygen atoms in total. The van der Waals surface area contributed by atoms with Gasteiger partial charge in [0.25, 0.3) is 0 Å². The van der Waals surface area contributed by atoms with Crippen LogP contribution in [0.15, 0.2) is 182 Å². The van der Waals surface area contributed by atoms with Gasteiger partial charge >= 0.3 is 5.97 Å². The molecule has 0 heterocycles. The van der Waals surface area contributed by atoms with Crippen molar-refractivity contribution in [1.82, 2.24) is 0 Å². The Morgan fingerprint density at radius 3 is 1.20 bits per heavy atom. The van der Waals surface area contributed by atoms with E-state index < -0.39 is 17.4 Å². The molecule has 0 unspecified atom stereocenters. The zero-order chi connectivity index (χ0) is 30.0. The highest BCUT2D eigenvalue weighted by atomic mass is 16.5. The Hall–Kier alpha value is -5.21. The summed E-state index contributed by atoms with van der Waals surface area (Å²) in [6.07, 6.45) is 0.790. The number of carbonyl (C=O) groups is 1. The van der Waals surface area contributed by atoms with E-state index in [0.29, 0.717) is 6.42 Å². The molecule has 216 valence electrons. The predicted molar refractivity (Wildman–Crippen MR) is 178 cm³/mol. The largest absolute Gasteiger partial charge is 0.452 e. The SMILES string of the molecule is O=C(OC(c1ccccc1)c1ccccc1)[C@H](CCc1ccccc1)C(c1ccccc1)(c1ccccc1)c1ccccc1. The summed E-state index contributed by atoms with van der Waals surface area (Å²) in [5.41, 5.74) is 5.46. The van der Waals surface area contributed by atoms with E-state index in [1.54, 1.807) is 0 Å². The summed E-state index contributed by atoms with van der Waals surface area (Å²) >= 11 is 0. The van der Waals surface area contributed by atoms with E-state index >= 15 is 4.79 Å². The average molecular weight is 573 g/mol. The molecule has 1 atom stereocenters. The van der Waals surface area contributed by atoms with Gasteiger partial charge < -0.3 is 4.74 Å². The Labute approximate surface area is 260 Å². The standard InChI is InChI=1S/C42H36O2/c43-41(44-40(34-21-9-2-10-22-34)35-23-11-3-12-24-35)39(32-31-33-19-7-1-8-20-33)42(36-25-13-4-14-26-36,37-27-15-5-16-28-37)38-29-17-6-18-30-38/h1-30,39-40H,31-32H2/t39-/m0/s1. The molecular formula is C42H36O2. The Balaban J connectivity index is 1.55. The maximum atomic E-state index is 15.1. The van der Waals surface area contributed by atoms with Crippen molar-refractivity contribution in [1.29, 1.82) is 0 Å². The molecular weight excluding hydrogens is 536 g/mol. The highest BCUT2D eigenvalue weighted by Crippen LogP contribution is 2.48. The van der Waals surface area contributed by atoms with Gasteiger partial charge in [-0.05, 0) is 46.2 Å². The van der Waals surface area contributed by atoms with E-state index in [0.717, 1.165) is 34.2 Å². The summed E-state index contributed by atoms with van der Waals surface area (Å²) in [6, 6.07) is 61.8. The van der Waals surface area contributed by atoms with Crippen molar-refractivity contribution in [3.63, 3.8) is 0 Å². The third kappa shape index (κ3) is 6.11. The van der Waals surface area contributed by atoms with Crippen LogP contribution in [0, 0.1) is 5.92 Å². The van der Waals surface area contributed by atoms with E-state index in [2.05, 4.69) is 97.1 Å². The third-order valence-electron chi connectivity index (χ3n) is 8.50. The fourth-order valence-electron chi connectivity index (χ4n) is 6.46. The second kappa shape index (κ2) is 13.8. The van der Waals surface area contributed by atoms with Gasteiger partial charge in [-0.25, -0.2) is 0 Å². The molecule has 0 aliphatic rings. The van der Waals surface area contributed by atoms with Gasteiger partial charge in [0.15, 0.2) is 6.10 Å². The first-order valence-corrected chi connectivity index (χ1v) is 15.3. The van der Waals surface area contributed by atoms with E-state index in [-0.39, 0.29) is 5.97 Å². The van der Waals surface area contributed by atoms with Crippen molar-refractivity contribution in [2.45, 2.75) is 24.4 Å². The third-order valence-corrected chi connectivity index (χ3v) is 8.50. The number of esters is 1. The molecule has 44 heavy (non-hydrogen) atoms. The topological polar surface area (TPSA) is 26.3 Å². The lowest BCUT2D eigenvalue weighted by Crippen LogP contribution is -2.43. The number of rotatable bonds is 11. The molecule has 0 bridgehead atoms. The first-order chi connectivity index (χ1) is 21.8. The zero-order valence-electron chi connectivity index (χ0n) is 24.7. The van der Waals surface area contributed by atoms with Gasteiger partial charge in [-0.1, -0.05) is 182 Å². The minimum Gasteiger partial charge on any atom is -0.452 e. The number of hydrogen-bond donors (Lipinski definition) is 0. The summed E-state index contributed by atoms with van der Waals surface area (Å²) in [6.45, 7) is 0. The monoisotopic (exact) mass is 572 g/mol. The molecule has 0 fully saturated rings. The Morgan fingerprint density at radius 1 is 0.477 bits per heavy atom. The maximum absolute atomic E-state index is 15.1. The number of ether oxygens (including phenoxy) is 1. The number of hydrogen-bond acceptors (Lipinski definition) is 2. The van der Waals surface area contributed by atoms with Crippen LogP contribution in [0.25, 0.3) is 0 Å². The quantitative estimate of drug-likeness (QED) is 0.114. The fraction of sp³-hybridized carbons (Fsp3) is 0.119. The number of benzene rings is 6. The van der Waals surface area contributed by atoms with Crippen molar-refractivity contribution >= 4 is 5.97 Å². The molecule has 6 aromatic rings. The first kappa shape index (κ1) is 28.9. The normalized spacial score (nSPS) is 12.0. The van der Waals surface area contributed by atoms with Crippen LogP contribution < -0.4 is 0 Å². The highest BCUT2D eigenvalue weighted by molar-refractivity contribution is 5.78. The molecule has 0 N–H and O–H groups in total. The summed E-state index contributed by atoms with van der Waals surface area (Å²) in [5, 5.41) is 0. The van der Waals surface area contributed by atoms with Gasteiger partial charge in [-0.2, -0.15) is 0 Å². The highest BCUT2D eigenvalue weighted by Gasteiger charge is 2.48. The van der Waals surface area contributed by atoms with Crippen molar-refractivity contribution in [3.05, 3.63) is 215 Å². The molecule has 0 amide bonds. The van der Waals surface area contributed by atoms with Crippen LogP contribution in [-0.2, 0) is 21.4 Å². The van der Waals surface area contributed by atoms with E-state index in [4.69, 9.17) is 4.74 Å². The fourth-order valence-corrected chi connectivity index (χ4v) is 6.46. The van der Waals surface area contributed by atoms with Crippen LogP contribution in [0.1, 0.15) is 45.9 Å². The Bertz CT molecular complexity index is 1580. The Morgan fingerprint density at radius 2 is 0.818 bits per heavy atom. The molecule has 6 aromatic carbocycles. The molecule has 0 saturated heterocycles. The van der Waals surface area contributed by atoms with Crippen molar-refractivity contribution in [2.75, 3.05) is 0 Å². The van der Waals surface area contributed by atoms with Crippen LogP contribution in [-0.4, -0.2) is 5.97 Å². The van der Waals surface area contributed by atoms with E-state index in [9.17, 15) is 0 Å². The van der Waals surface area contributed by atoms with Gasteiger partial charge in [0.2, 0.25) is 0 Å². The molecule has 0 aliphatic carbocycles. The minimum atomic E-state index is -0.798. The second-order valence-electron chi connectivity index (χ2n) is 11.1. The minimum absolute atomic E-state index is 0.227. The summed E-state index contributed by atoms with van der Waals surface area (Å²) in [7, 11) is 0. The Kier molecular flexibility index (Phi) is 9.09. The van der Waals surface area contributed by atoms with E-state index in [1.807, 2.05) is 84.9 Å². The van der Waals surface area contributed by atoms with Gasteiger partial charge in [-0.15, -0.1) is 0 Å². The van der Waals surface area contributed by atoms with Crippen LogP contribution in [0.2, 0.25) is 0 Å². The lowest BCUT2D eigenvalue weighted by molar-refractivity contribution is -0.154.